The Hall–Kier alpha value is -1.75. The summed E-state index contributed by atoms with van der Waals surface area (Å²) in [7, 11) is 0. The molecule has 3 rings (SSSR count). The Morgan fingerprint density at radius 2 is 1.92 bits per heavy atom. The van der Waals surface area contributed by atoms with Crippen LogP contribution in [0.25, 0.3) is 0 Å². The SMILES string of the molecule is CCCC(C)(C)CC1NCC(C2Oc3ccccc3O2)C1C(=O)O. The predicted molar refractivity (Wildman–Crippen MR) is 91.2 cm³/mol. The van der Waals surface area contributed by atoms with Crippen LogP contribution in [0.15, 0.2) is 24.3 Å². The van der Waals surface area contributed by atoms with Crippen molar-refractivity contribution in [1.82, 2.24) is 5.32 Å². The van der Waals surface area contributed by atoms with Gasteiger partial charge < -0.3 is 19.9 Å². The largest absolute Gasteiger partial charge is 0.481 e. The molecule has 0 radical (unpaired) electrons. The van der Waals surface area contributed by atoms with Crippen molar-refractivity contribution in [3.63, 3.8) is 0 Å². The van der Waals surface area contributed by atoms with E-state index in [0.717, 1.165) is 19.3 Å². The van der Waals surface area contributed by atoms with Crippen LogP contribution < -0.4 is 14.8 Å². The van der Waals surface area contributed by atoms with E-state index in [2.05, 4.69) is 26.1 Å². The second-order valence-corrected chi connectivity index (χ2v) is 7.71. The van der Waals surface area contributed by atoms with E-state index in [0.29, 0.717) is 18.0 Å². The zero-order valence-corrected chi connectivity index (χ0v) is 14.6. The molecule has 132 valence electrons. The highest BCUT2D eigenvalue weighted by Crippen LogP contribution is 2.41. The van der Waals surface area contributed by atoms with E-state index in [1.807, 2.05) is 24.3 Å². The van der Waals surface area contributed by atoms with Crippen LogP contribution in [-0.2, 0) is 4.79 Å². The van der Waals surface area contributed by atoms with Gasteiger partial charge in [-0.3, -0.25) is 4.79 Å². The quantitative estimate of drug-likeness (QED) is 0.836. The van der Waals surface area contributed by atoms with Gasteiger partial charge in [-0.15, -0.1) is 0 Å². The first kappa shape index (κ1) is 17.1. The lowest BCUT2D eigenvalue weighted by Gasteiger charge is -2.30. The minimum atomic E-state index is -0.773. The average molecular weight is 333 g/mol. The highest BCUT2D eigenvalue weighted by molar-refractivity contribution is 5.72. The van der Waals surface area contributed by atoms with Gasteiger partial charge in [-0.25, -0.2) is 0 Å². The fraction of sp³-hybridized carbons (Fsp3) is 0.632. The molecule has 3 atom stereocenters. The molecule has 1 aromatic rings. The molecule has 0 aliphatic carbocycles. The molecule has 2 N–H and O–H groups in total. The summed E-state index contributed by atoms with van der Waals surface area (Å²) in [5.74, 6) is -0.0778. The zero-order chi connectivity index (χ0) is 17.3. The number of hydrogen-bond donors (Lipinski definition) is 2. The summed E-state index contributed by atoms with van der Waals surface area (Å²) in [6.07, 6.45) is 2.50. The van der Waals surface area contributed by atoms with Gasteiger partial charge >= 0.3 is 5.97 Å². The molecule has 24 heavy (non-hydrogen) atoms. The van der Waals surface area contributed by atoms with E-state index in [-0.39, 0.29) is 17.4 Å². The van der Waals surface area contributed by atoms with Gasteiger partial charge in [0.2, 0.25) is 6.29 Å². The minimum absolute atomic E-state index is 0.0510. The minimum Gasteiger partial charge on any atom is -0.481 e. The summed E-state index contributed by atoms with van der Waals surface area (Å²) in [5.41, 5.74) is 0.120. The zero-order valence-electron chi connectivity index (χ0n) is 14.6. The van der Waals surface area contributed by atoms with E-state index in [4.69, 9.17) is 9.47 Å². The van der Waals surface area contributed by atoms with E-state index in [1.165, 1.54) is 0 Å². The van der Waals surface area contributed by atoms with Crippen LogP contribution in [-0.4, -0.2) is 30.0 Å². The molecule has 1 aromatic carbocycles. The summed E-state index contributed by atoms with van der Waals surface area (Å²) in [5, 5.41) is 13.2. The lowest BCUT2D eigenvalue weighted by molar-refractivity contribution is -0.147. The third-order valence-electron chi connectivity index (χ3n) is 5.18. The molecule has 0 spiro atoms. The maximum atomic E-state index is 11.9. The predicted octanol–water partition coefficient (Wildman–Crippen LogP) is 3.29. The standard InChI is InChI=1S/C19H27NO4/c1-4-9-19(2,3)10-13-16(17(21)22)12(11-20-13)18-23-14-7-5-6-8-15(14)24-18/h5-8,12-13,16,18,20H,4,9-11H2,1-3H3,(H,21,22). The molecule has 2 heterocycles. The molecule has 2 aliphatic rings. The van der Waals surface area contributed by atoms with Gasteiger partial charge in [-0.1, -0.05) is 39.3 Å². The first-order valence-corrected chi connectivity index (χ1v) is 8.80. The number of rotatable bonds is 6. The van der Waals surface area contributed by atoms with Crippen molar-refractivity contribution < 1.29 is 19.4 Å². The van der Waals surface area contributed by atoms with E-state index >= 15 is 0 Å². The fourth-order valence-corrected chi connectivity index (χ4v) is 4.13. The Morgan fingerprint density at radius 3 is 2.46 bits per heavy atom. The van der Waals surface area contributed by atoms with Crippen molar-refractivity contribution in [1.29, 1.82) is 0 Å². The second kappa shape index (κ2) is 6.63. The number of fused-ring (bicyclic) bond motifs is 1. The smallest absolute Gasteiger partial charge is 0.308 e. The summed E-state index contributed by atoms with van der Waals surface area (Å²) in [6.45, 7) is 7.19. The average Bonchev–Trinajstić information content (AvgIpc) is 3.09. The van der Waals surface area contributed by atoms with Gasteiger partial charge in [0.15, 0.2) is 11.5 Å². The van der Waals surface area contributed by atoms with Gasteiger partial charge in [-0.05, 0) is 30.4 Å². The first-order valence-electron chi connectivity index (χ1n) is 8.80. The summed E-state index contributed by atoms with van der Waals surface area (Å²) < 4.78 is 11.7. The van der Waals surface area contributed by atoms with Gasteiger partial charge in [0.1, 0.15) is 0 Å². The molecule has 0 saturated carbocycles. The van der Waals surface area contributed by atoms with Crippen molar-refractivity contribution in [2.24, 2.45) is 17.3 Å². The molecule has 0 aromatic heterocycles. The van der Waals surface area contributed by atoms with Crippen LogP contribution in [0.2, 0.25) is 0 Å². The third-order valence-corrected chi connectivity index (χ3v) is 5.18. The maximum Gasteiger partial charge on any atom is 0.308 e. The van der Waals surface area contributed by atoms with Crippen molar-refractivity contribution in [2.45, 2.75) is 52.4 Å². The molecule has 0 amide bonds. The van der Waals surface area contributed by atoms with Gasteiger partial charge in [0.25, 0.3) is 0 Å². The van der Waals surface area contributed by atoms with Crippen molar-refractivity contribution in [3.05, 3.63) is 24.3 Å². The monoisotopic (exact) mass is 333 g/mol. The van der Waals surface area contributed by atoms with Crippen LogP contribution in [0.1, 0.15) is 40.0 Å². The van der Waals surface area contributed by atoms with Gasteiger partial charge in [-0.2, -0.15) is 0 Å². The number of benzene rings is 1. The lowest BCUT2D eigenvalue weighted by Crippen LogP contribution is -2.41. The van der Waals surface area contributed by atoms with Crippen LogP contribution in [0.4, 0.5) is 0 Å². The van der Waals surface area contributed by atoms with Crippen LogP contribution in [0.3, 0.4) is 0 Å². The number of carboxylic acid groups (broad SMARTS) is 1. The summed E-state index contributed by atoms with van der Waals surface area (Å²) >= 11 is 0. The van der Waals surface area contributed by atoms with Crippen molar-refractivity contribution in [3.8, 4) is 11.5 Å². The fourth-order valence-electron chi connectivity index (χ4n) is 4.13. The Labute approximate surface area is 143 Å². The number of hydrogen-bond acceptors (Lipinski definition) is 4. The molecule has 5 heteroatoms. The van der Waals surface area contributed by atoms with E-state index in [1.54, 1.807) is 0 Å². The number of carboxylic acids is 1. The molecule has 0 bridgehead atoms. The topological polar surface area (TPSA) is 67.8 Å². The molecular formula is C19H27NO4. The normalized spacial score (nSPS) is 26.7. The number of aliphatic carboxylic acids is 1. The van der Waals surface area contributed by atoms with E-state index in [9.17, 15) is 9.90 Å². The first-order chi connectivity index (χ1) is 11.4. The number of nitrogens with one attached hydrogen (secondary N) is 1. The van der Waals surface area contributed by atoms with Gasteiger partial charge in [0.05, 0.1) is 11.8 Å². The van der Waals surface area contributed by atoms with Crippen LogP contribution in [0.5, 0.6) is 11.5 Å². The maximum absolute atomic E-state index is 11.9. The second-order valence-electron chi connectivity index (χ2n) is 7.71. The molecule has 1 fully saturated rings. The Kier molecular flexibility index (Phi) is 4.72. The van der Waals surface area contributed by atoms with Gasteiger partial charge in [0, 0.05) is 12.6 Å². The number of ether oxygens (including phenoxy) is 2. The highest BCUT2D eigenvalue weighted by Gasteiger charge is 2.49. The number of para-hydroxylation sites is 2. The van der Waals surface area contributed by atoms with Crippen molar-refractivity contribution >= 4 is 5.97 Å². The Balaban J connectivity index is 1.72. The third kappa shape index (κ3) is 3.36. The van der Waals surface area contributed by atoms with Crippen molar-refractivity contribution in [2.75, 3.05) is 6.54 Å². The summed E-state index contributed by atoms with van der Waals surface area (Å²) in [4.78, 5) is 11.9. The number of carbonyl (C=O) groups is 1. The lowest BCUT2D eigenvalue weighted by atomic mass is 9.77. The summed E-state index contributed by atoms with van der Waals surface area (Å²) in [6, 6.07) is 7.44. The Bertz CT molecular complexity index is 576. The van der Waals surface area contributed by atoms with Crippen LogP contribution in [0, 0.1) is 17.3 Å². The molecule has 1 saturated heterocycles. The molecule has 5 nitrogen and oxygen atoms in total. The molecular weight excluding hydrogens is 306 g/mol. The highest BCUT2D eigenvalue weighted by atomic mass is 16.7. The molecule has 2 aliphatic heterocycles. The van der Waals surface area contributed by atoms with E-state index < -0.39 is 18.2 Å². The Morgan fingerprint density at radius 1 is 1.29 bits per heavy atom. The van der Waals surface area contributed by atoms with Crippen LogP contribution >= 0.6 is 0 Å². The molecule has 3 unspecified atom stereocenters.